The van der Waals surface area contributed by atoms with Crippen LogP contribution < -0.4 is 24.6 Å². The molecule has 0 saturated carbocycles. The topological polar surface area (TPSA) is 69.2 Å². The Morgan fingerprint density at radius 1 is 0.647 bits per heavy atom. The van der Waals surface area contributed by atoms with E-state index in [1.54, 1.807) is 0 Å². The molecule has 2 aromatic rings. The summed E-state index contributed by atoms with van der Waals surface area (Å²) >= 11 is 0. The summed E-state index contributed by atoms with van der Waals surface area (Å²) in [7, 11) is -2.58. The maximum atomic E-state index is 8.41. The zero-order valence-electron chi connectivity index (χ0n) is 8.95. The Bertz CT molecular complexity index is 368. The molecular formula is C12H12ClO3P. The number of hydrogen-bond donors (Lipinski definition) is 0. The van der Waals surface area contributed by atoms with Gasteiger partial charge in [-0.3, -0.25) is 0 Å². The molecule has 0 heterocycles. The van der Waals surface area contributed by atoms with Gasteiger partial charge in [0, 0.05) is 0 Å². The molecule has 0 aromatic heterocycles. The molecule has 0 N–H and O–H groups in total. The van der Waals surface area contributed by atoms with Crippen LogP contribution in [0.15, 0.2) is 60.7 Å². The largest absolute Gasteiger partial charge is 0.357 e. The van der Waals surface area contributed by atoms with Crippen LogP contribution in [-0.2, 0) is 0 Å². The molecular weight excluding hydrogens is 259 g/mol. The standard InChI is InChI=1S/C12H11P.ClO3/c1-3-7-11(8-4-1)13-12-9-5-2-6-10-12;2-1(3)4/h1-10,13H;/q;-1/p+1. The third-order valence-corrected chi connectivity index (χ3v) is 3.37. The maximum Gasteiger partial charge on any atom is 0.0942 e. The van der Waals surface area contributed by atoms with E-state index in [0.29, 0.717) is 0 Å². The van der Waals surface area contributed by atoms with Crippen LogP contribution in [0.3, 0.4) is 0 Å². The first kappa shape index (κ1) is 14.1. The van der Waals surface area contributed by atoms with Crippen molar-refractivity contribution in [1.29, 1.82) is 0 Å². The van der Waals surface area contributed by atoms with Crippen LogP contribution in [-0.4, -0.2) is 0 Å². The highest BCUT2D eigenvalue weighted by molar-refractivity contribution is 7.55. The minimum atomic E-state index is -2.85. The first-order valence-electron chi connectivity index (χ1n) is 4.86. The van der Waals surface area contributed by atoms with E-state index in [1.807, 2.05) is 0 Å². The lowest BCUT2D eigenvalue weighted by molar-refractivity contribution is -1.73. The lowest BCUT2D eigenvalue weighted by atomic mass is 10.4. The van der Waals surface area contributed by atoms with Gasteiger partial charge >= 0.3 is 0 Å². The molecule has 5 heteroatoms. The van der Waals surface area contributed by atoms with E-state index in [0.717, 1.165) is 0 Å². The lowest BCUT2D eigenvalue weighted by Gasteiger charge is -1.92. The highest BCUT2D eigenvalue weighted by Crippen LogP contribution is 2.08. The first-order chi connectivity index (χ1) is 8.18. The summed E-state index contributed by atoms with van der Waals surface area (Å²) in [6, 6.07) is 21.3. The van der Waals surface area contributed by atoms with Crippen LogP contribution >= 0.6 is 8.58 Å². The molecule has 0 aliphatic heterocycles. The summed E-state index contributed by atoms with van der Waals surface area (Å²) in [4.78, 5) is 0. The quantitative estimate of drug-likeness (QED) is 0.623. The van der Waals surface area contributed by atoms with E-state index in [-0.39, 0.29) is 8.58 Å². The van der Waals surface area contributed by atoms with E-state index in [4.69, 9.17) is 14.0 Å². The van der Waals surface area contributed by atoms with E-state index in [2.05, 4.69) is 60.7 Å². The van der Waals surface area contributed by atoms with Crippen LogP contribution in [0.5, 0.6) is 0 Å². The van der Waals surface area contributed by atoms with Crippen molar-refractivity contribution in [3.63, 3.8) is 0 Å². The zero-order valence-corrected chi connectivity index (χ0v) is 10.9. The van der Waals surface area contributed by atoms with E-state index in [9.17, 15) is 0 Å². The van der Waals surface area contributed by atoms with Crippen molar-refractivity contribution in [3.8, 4) is 0 Å². The molecule has 0 bridgehead atoms. The van der Waals surface area contributed by atoms with E-state index < -0.39 is 10.8 Å². The van der Waals surface area contributed by atoms with Gasteiger partial charge in [0.25, 0.3) is 0 Å². The molecule has 2 rings (SSSR count). The molecule has 3 nitrogen and oxygen atoms in total. The molecule has 0 saturated heterocycles. The molecule has 0 aliphatic rings. The third kappa shape index (κ3) is 7.05. The first-order valence-corrected chi connectivity index (χ1v) is 6.94. The van der Waals surface area contributed by atoms with E-state index in [1.165, 1.54) is 10.6 Å². The molecule has 17 heavy (non-hydrogen) atoms. The molecule has 0 atom stereocenters. The van der Waals surface area contributed by atoms with Crippen LogP contribution in [0.4, 0.5) is 0 Å². The summed E-state index contributed by atoms with van der Waals surface area (Å²) < 4.78 is 25.2. The Morgan fingerprint density at radius 2 is 0.941 bits per heavy atom. The van der Waals surface area contributed by atoms with Gasteiger partial charge in [0.2, 0.25) is 0 Å². The Balaban J connectivity index is 0.000000317. The number of rotatable bonds is 2. The summed E-state index contributed by atoms with van der Waals surface area (Å²) in [5, 5.41) is 2.90. The summed E-state index contributed by atoms with van der Waals surface area (Å²) in [5.41, 5.74) is 0. The minimum absolute atomic E-state index is 0.271. The van der Waals surface area contributed by atoms with Gasteiger partial charge in [0.05, 0.1) is 30.0 Å². The Morgan fingerprint density at radius 3 is 1.24 bits per heavy atom. The number of benzene rings is 2. The zero-order chi connectivity index (χ0) is 12.5. The average molecular weight is 271 g/mol. The molecule has 0 amide bonds. The smallest absolute Gasteiger partial charge is 0.0942 e. The van der Waals surface area contributed by atoms with Crippen molar-refractivity contribution >= 4 is 19.2 Å². The second kappa shape index (κ2) is 8.18. The Labute approximate surface area is 105 Å². The van der Waals surface area contributed by atoms with Crippen molar-refractivity contribution in [1.82, 2.24) is 0 Å². The van der Waals surface area contributed by atoms with Crippen molar-refractivity contribution in [2.75, 3.05) is 0 Å². The average Bonchev–Trinajstić information content (AvgIpc) is 2.31. The molecule has 0 spiro atoms. The highest BCUT2D eigenvalue weighted by Gasteiger charge is 2.00. The van der Waals surface area contributed by atoms with E-state index >= 15 is 0 Å². The molecule has 2 aromatic carbocycles. The number of halogens is 1. The van der Waals surface area contributed by atoms with Gasteiger partial charge in [0.1, 0.15) is 0 Å². The van der Waals surface area contributed by atoms with Crippen LogP contribution in [0.2, 0.25) is 0 Å². The third-order valence-electron chi connectivity index (χ3n) is 1.93. The number of hydrogen-bond acceptors (Lipinski definition) is 3. The summed E-state index contributed by atoms with van der Waals surface area (Å²) in [6.07, 6.45) is 0. The van der Waals surface area contributed by atoms with Crippen molar-refractivity contribution in [2.45, 2.75) is 0 Å². The van der Waals surface area contributed by atoms with Gasteiger partial charge < -0.3 is 14.0 Å². The highest BCUT2D eigenvalue weighted by atomic mass is 35.6. The van der Waals surface area contributed by atoms with Crippen molar-refractivity contribution < 1.29 is 24.8 Å². The lowest BCUT2D eigenvalue weighted by Crippen LogP contribution is -2.42. The molecule has 0 aliphatic carbocycles. The van der Waals surface area contributed by atoms with Gasteiger partial charge in [-0.15, -0.1) is 0 Å². The predicted molar refractivity (Wildman–Crippen MR) is 61.9 cm³/mol. The molecule has 0 radical (unpaired) electrons. The van der Waals surface area contributed by atoms with Gasteiger partial charge in [-0.1, -0.05) is 36.4 Å². The maximum absolute atomic E-state index is 8.41. The fourth-order valence-corrected chi connectivity index (χ4v) is 2.51. The van der Waals surface area contributed by atoms with Gasteiger partial charge in [-0.25, -0.2) is 0 Å². The Kier molecular flexibility index (Phi) is 6.78. The summed E-state index contributed by atoms with van der Waals surface area (Å²) in [5.74, 6) is 0. The second-order valence-electron chi connectivity index (χ2n) is 3.15. The fraction of sp³-hybridized carbons (Fsp3) is 0. The minimum Gasteiger partial charge on any atom is -0.357 e. The van der Waals surface area contributed by atoms with Crippen molar-refractivity contribution in [2.24, 2.45) is 0 Å². The van der Waals surface area contributed by atoms with Crippen LogP contribution in [0.1, 0.15) is 0 Å². The summed E-state index contributed by atoms with van der Waals surface area (Å²) in [6.45, 7) is 0. The van der Waals surface area contributed by atoms with Crippen LogP contribution in [0.25, 0.3) is 0 Å². The monoisotopic (exact) mass is 270 g/mol. The fourth-order valence-electron chi connectivity index (χ4n) is 1.29. The molecule has 0 fully saturated rings. The van der Waals surface area contributed by atoms with Crippen molar-refractivity contribution in [3.05, 3.63) is 60.7 Å². The normalized spacial score (nSPS) is 9.65. The van der Waals surface area contributed by atoms with Crippen LogP contribution in [0, 0.1) is 10.8 Å². The molecule has 90 valence electrons. The van der Waals surface area contributed by atoms with Gasteiger partial charge in [-0.05, 0) is 24.3 Å². The molecule has 0 unspecified atom stereocenters. The van der Waals surface area contributed by atoms with Gasteiger partial charge in [-0.2, -0.15) is 0 Å². The van der Waals surface area contributed by atoms with Gasteiger partial charge in [0.15, 0.2) is 0 Å². The SMILES string of the molecule is [O-][Cl+2]([O-])[O-].c1ccc([PH2+]c2ccccc2)cc1. The Hall–Kier alpha value is -0.960. The second-order valence-corrected chi connectivity index (χ2v) is 5.15. The predicted octanol–water partition coefficient (Wildman–Crippen LogP) is -1.52.